The number of rotatable bonds is 7. The summed E-state index contributed by atoms with van der Waals surface area (Å²) in [5, 5.41) is 11.6. The first-order chi connectivity index (χ1) is 14.5. The largest absolute Gasteiger partial charge is 0.372 e. The van der Waals surface area contributed by atoms with Crippen molar-refractivity contribution < 1.29 is 32.3 Å². The molecule has 0 amide bonds. The summed E-state index contributed by atoms with van der Waals surface area (Å²) in [5.74, 6) is 5.08. The van der Waals surface area contributed by atoms with Crippen LogP contribution in [0.3, 0.4) is 0 Å². The third kappa shape index (κ3) is 5.48. The second-order valence-corrected chi connectivity index (χ2v) is 10.2. The molecule has 0 radical (unpaired) electrons. The molecule has 2 aliphatic heterocycles. The van der Waals surface area contributed by atoms with E-state index in [2.05, 4.69) is 18.8 Å². The summed E-state index contributed by atoms with van der Waals surface area (Å²) >= 11 is 0. The minimum absolute atomic E-state index is 0.0258. The van der Waals surface area contributed by atoms with Gasteiger partial charge in [0.1, 0.15) is 6.10 Å². The van der Waals surface area contributed by atoms with Crippen LogP contribution in [-0.2, 0) is 30.7 Å². The molecule has 172 valence electrons. The van der Waals surface area contributed by atoms with Crippen LogP contribution in [0, 0.1) is 18.8 Å². The lowest BCUT2D eigenvalue weighted by molar-refractivity contribution is -0.221. The van der Waals surface area contributed by atoms with Crippen LogP contribution in [0.4, 0.5) is 0 Å². The maximum atomic E-state index is 11.9. The van der Waals surface area contributed by atoms with E-state index < -0.39 is 40.0 Å². The van der Waals surface area contributed by atoms with Gasteiger partial charge in [-0.2, -0.15) is 8.42 Å². The van der Waals surface area contributed by atoms with Gasteiger partial charge < -0.3 is 19.3 Å². The highest BCUT2D eigenvalue weighted by Crippen LogP contribution is 2.44. The molecular formula is C23H32O7S. The van der Waals surface area contributed by atoms with Crippen molar-refractivity contribution in [1.82, 2.24) is 0 Å². The number of fused-ring (bicyclic) bond motifs is 1. The van der Waals surface area contributed by atoms with Gasteiger partial charge in [0.25, 0.3) is 10.1 Å². The lowest BCUT2D eigenvalue weighted by atomic mass is 9.88. The minimum Gasteiger partial charge on any atom is -0.372 e. The fraction of sp³-hybridized carbons (Fsp3) is 0.652. The molecule has 2 N–H and O–H groups in total. The van der Waals surface area contributed by atoms with E-state index in [0.29, 0.717) is 12.0 Å². The standard InChI is InChI=1S/C23H32O7S/c1-5-6-7-8-9-10-13-23(24)19(28-21-20(23)29-22(3,4)30-21)15-17-14-16(2)11-12-18(17)31(25,26)27/h11-12,14,19-21,24H,5-9,15H2,1-4H3,(H,25,26,27)/t19?,20-,21+,23+/m0/s1. The molecule has 1 unspecified atom stereocenters. The monoisotopic (exact) mass is 452 g/mol. The van der Waals surface area contributed by atoms with Gasteiger partial charge in [-0.15, -0.1) is 5.92 Å². The zero-order valence-corrected chi connectivity index (χ0v) is 19.4. The smallest absolute Gasteiger partial charge is 0.294 e. The van der Waals surface area contributed by atoms with Crippen molar-refractivity contribution in [2.75, 3.05) is 0 Å². The molecule has 2 heterocycles. The molecule has 0 saturated carbocycles. The van der Waals surface area contributed by atoms with E-state index >= 15 is 0 Å². The fourth-order valence-corrected chi connectivity index (χ4v) is 4.81. The Kier molecular flexibility index (Phi) is 7.16. The second kappa shape index (κ2) is 9.18. The normalized spacial score (nSPS) is 29.4. The summed E-state index contributed by atoms with van der Waals surface area (Å²) in [6, 6.07) is 4.61. The first-order valence-electron chi connectivity index (χ1n) is 10.8. The van der Waals surface area contributed by atoms with Crippen molar-refractivity contribution in [2.45, 2.75) is 101 Å². The molecule has 0 aliphatic carbocycles. The van der Waals surface area contributed by atoms with Crippen LogP contribution < -0.4 is 0 Å². The molecule has 1 aromatic rings. The highest BCUT2D eigenvalue weighted by Gasteiger charge is 2.62. The molecule has 31 heavy (non-hydrogen) atoms. The maximum absolute atomic E-state index is 11.9. The number of benzene rings is 1. The van der Waals surface area contributed by atoms with Gasteiger partial charge in [-0.3, -0.25) is 4.55 Å². The van der Waals surface area contributed by atoms with Crippen molar-refractivity contribution in [2.24, 2.45) is 0 Å². The molecule has 0 spiro atoms. The van der Waals surface area contributed by atoms with Gasteiger partial charge in [0.05, 0.1) is 4.90 Å². The fourth-order valence-electron chi connectivity index (χ4n) is 4.09. The third-order valence-corrected chi connectivity index (χ3v) is 6.58. The van der Waals surface area contributed by atoms with Crippen LogP contribution in [-0.4, -0.2) is 48.0 Å². The second-order valence-electron chi connectivity index (χ2n) is 8.78. The van der Waals surface area contributed by atoms with E-state index in [4.69, 9.17) is 14.2 Å². The number of unbranched alkanes of at least 4 members (excludes halogenated alkanes) is 4. The number of aryl methyl sites for hydroxylation is 1. The van der Waals surface area contributed by atoms with E-state index in [1.54, 1.807) is 26.0 Å². The highest BCUT2D eigenvalue weighted by molar-refractivity contribution is 7.85. The van der Waals surface area contributed by atoms with Crippen molar-refractivity contribution in [3.63, 3.8) is 0 Å². The molecule has 2 saturated heterocycles. The lowest BCUT2D eigenvalue weighted by Crippen LogP contribution is -2.48. The van der Waals surface area contributed by atoms with Gasteiger partial charge in [0.15, 0.2) is 23.8 Å². The maximum Gasteiger partial charge on any atom is 0.294 e. The van der Waals surface area contributed by atoms with Crippen LogP contribution >= 0.6 is 0 Å². The topological polar surface area (TPSA) is 102 Å². The Hall–Kier alpha value is -1.47. The van der Waals surface area contributed by atoms with E-state index in [1.807, 2.05) is 6.92 Å². The first kappa shape index (κ1) is 24.2. The third-order valence-electron chi connectivity index (χ3n) is 5.62. The van der Waals surface area contributed by atoms with E-state index in [9.17, 15) is 18.1 Å². The molecule has 3 rings (SSSR count). The van der Waals surface area contributed by atoms with Crippen molar-refractivity contribution in [3.8, 4) is 11.8 Å². The number of hydrogen-bond acceptors (Lipinski definition) is 6. The summed E-state index contributed by atoms with van der Waals surface area (Å²) in [6.45, 7) is 7.43. The number of hydrogen-bond donors (Lipinski definition) is 2. The molecule has 7 nitrogen and oxygen atoms in total. The summed E-state index contributed by atoms with van der Waals surface area (Å²) in [7, 11) is -4.43. The lowest BCUT2D eigenvalue weighted by Gasteiger charge is -2.30. The van der Waals surface area contributed by atoms with Crippen LogP contribution in [0.25, 0.3) is 0 Å². The quantitative estimate of drug-likeness (QED) is 0.371. The van der Waals surface area contributed by atoms with Gasteiger partial charge in [-0.1, -0.05) is 49.8 Å². The number of ether oxygens (including phenoxy) is 3. The summed E-state index contributed by atoms with van der Waals surface area (Å²) in [5.41, 5.74) is -0.515. The van der Waals surface area contributed by atoms with Gasteiger partial charge in [-0.05, 0) is 38.8 Å². The van der Waals surface area contributed by atoms with Crippen molar-refractivity contribution in [1.29, 1.82) is 0 Å². The van der Waals surface area contributed by atoms with Crippen molar-refractivity contribution in [3.05, 3.63) is 29.3 Å². The Labute approximate surface area is 184 Å². The Morgan fingerprint density at radius 2 is 1.90 bits per heavy atom. The Morgan fingerprint density at radius 3 is 2.58 bits per heavy atom. The Balaban J connectivity index is 1.89. The van der Waals surface area contributed by atoms with Gasteiger partial charge in [-0.25, -0.2) is 0 Å². The highest BCUT2D eigenvalue weighted by atomic mass is 32.2. The average Bonchev–Trinajstić information content (AvgIpc) is 3.08. The number of aliphatic hydroxyl groups is 1. The summed E-state index contributed by atoms with van der Waals surface area (Å²) in [4.78, 5) is -0.212. The van der Waals surface area contributed by atoms with Crippen LogP contribution in [0.1, 0.15) is 64.0 Å². The molecular weight excluding hydrogens is 420 g/mol. The average molecular weight is 453 g/mol. The molecule has 2 aliphatic rings. The molecule has 0 aromatic heterocycles. The van der Waals surface area contributed by atoms with Crippen LogP contribution in [0.2, 0.25) is 0 Å². The Morgan fingerprint density at radius 1 is 1.16 bits per heavy atom. The van der Waals surface area contributed by atoms with E-state index in [1.165, 1.54) is 6.07 Å². The zero-order valence-electron chi connectivity index (χ0n) is 18.6. The van der Waals surface area contributed by atoms with E-state index in [0.717, 1.165) is 31.2 Å². The first-order valence-corrected chi connectivity index (χ1v) is 12.2. The summed E-state index contributed by atoms with van der Waals surface area (Å²) in [6.07, 6.45) is 2.41. The van der Waals surface area contributed by atoms with Gasteiger partial charge in [0, 0.05) is 12.8 Å². The zero-order chi connectivity index (χ0) is 22.9. The Bertz CT molecular complexity index is 960. The molecule has 2 fully saturated rings. The van der Waals surface area contributed by atoms with E-state index in [-0.39, 0.29) is 11.3 Å². The summed E-state index contributed by atoms with van der Waals surface area (Å²) < 4.78 is 51.0. The van der Waals surface area contributed by atoms with Crippen LogP contribution in [0.15, 0.2) is 23.1 Å². The predicted octanol–water partition coefficient (Wildman–Crippen LogP) is 3.37. The van der Waals surface area contributed by atoms with Crippen LogP contribution in [0.5, 0.6) is 0 Å². The predicted molar refractivity (Wildman–Crippen MR) is 115 cm³/mol. The van der Waals surface area contributed by atoms with Crippen molar-refractivity contribution >= 4 is 10.1 Å². The van der Waals surface area contributed by atoms with Gasteiger partial charge in [0.2, 0.25) is 0 Å². The van der Waals surface area contributed by atoms with Gasteiger partial charge >= 0.3 is 0 Å². The minimum atomic E-state index is -4.43. The molecule has 0 bridgehead atoms. The molecule has 4 atom stereocenters. The molecule has 1 aromatic carbocycles. The molecule has 8 heteroatoms. The SMILES string of the molecule is CCCCCCC#C[C@@]1(O)C(Cc2cc(C)ccc2S(=O)(=O)O)O[C@@H]2OC(C)(C)O[C@@H]21.